The Hall–Kier alpha value is -1.32. The summed E-state index contributed by atoms with van der Waals surface area (Å²) in [6.07, 6.45) is 3.31. The third-order valence-corrected chi connectivity index (χ3v) is 3.15. The Balaban J connectivity index is 2.91. The van der Waals surface area contributed by atoms with Crippen molar-refractivity contribution in [2.75, 3.05) is 17.2 Å². The molecule has 4 heteroatoms. The zero-order chi connectivity index (χ0) is 14.3. The van der Waals surface area contributed by atoms with Gasteiger partial charge in [0.25, 0.3) is 0 Å². The lowest BCUT2D eigenvalue weighted by atomic mass is 10.1. The van der Waals surface area contributed by atoms with Gasteiger partial charge in [-0.3, -0.25) is 0 Å². The fourth-order valence-corrected chi connectivity index (χ4v) is 1.84. The van der Waals surface area contributed by atoms with Crippen LogP contribution in [0.2, 0.25) is 0 Å². The van der Waals surface area contributed by atoms with Crippen LogP contribution in [0.25, 0.3) is 0 Å². The summed E-state index contributed by atoms with van der Waals surface area (Å²) in [6.45, 7) is 11.7. The number of aromatic nitrogens is 2. The molecule has 0 radical (unpaired) electrons. The average molecular weight is 264 g/mol. The van der Waals surface area contributed by atoms with E-state index >= 15 is 0 Å². The maximum atomic E-state index is 4.61. The van der Waals surface area contributed by atoms with Gasteiger partial charge in [-0.15, -0.1) is 0 Å². The second kappa shape index (κ2) is 7.97. The van der Waals surface area contributed by atoms with Gasteiger partial charge in [-0.25, -0.2) is 9.97 Å². The van der Waals surface area contributed by atoms with Crippen molar-refractivity contribution in [1.29, 1.82) is 0 Å². The topological polar surface area (TPSA) is 49.8 Å². The molecule has 0 saturated carbocycles. The predicted molar refractivity (Wildman–Crippen MR) is 82.9 cm³/mol. The van der Waals surface area contributed by atoms with Crippen LogP contribution >= 0.6 is 0 Å². The summed E-state index contributed by atoms with van der Waals surface area (Å²) in [5, 5.41) is 6.85. The van der Waals surface area contributed by atoms with E-state index in [1.807, 2.05) is 6.07 Å². The molecule has 0 amide bonds. The lowest BCUT2D eigenvalue weighted by Crippen LogP contribution is -2.19. The normalized spacial score (nSPS) is 11.1. The van der Waals surface area contributed by atoms with E-state index in [4.69, 9.17) is 0 Å². The first kappa shape index (κ1) is 15.7. The minimum Gasteiger partial charge on any atom is -0.370 e. The Morgan fingerprint density at radius 1 is 1.05 bits per heavy atom. The molecule has 0 atom stereocenters. The highest BCUT2D eigenvalue weighted by Crippen LogP contribution is 2.18. The highest BCUT2D eigenvalue weighted by molar-refractivity contribution is 5.48. The van der Waals surface area contributed by atoms with Crippen LogP contribution in [0.4, 0.5) is 11.6 Å². The van der Waals surface area contributed by atoms with Crippen LogP contribution in [-0.4, -0.2) is 22.6 Å². The minimum absolute atomic E-state index is 0.339. The second-order valence-corrected chi connectivity index (χ2v) is 5.24. The maximum Gasteiger partial charge on any atom is 0.135 e. The van der Waals surface area contributed by atoms with Crippen molar-refractivity contribution in [3.05, 3.63) is 11.9 Å². The van der Waals surface area contributed by atoms with Crippen LogP contribution in [-0.2, 0) is 0 Å². The molecule has 0 unspecified atom stereocenters. The van der Waals surface area contributed by atoms with Crippen LogP contribution < -0.4 is 10.6 Å². The molecule has 0 fully saturated rings. The lowest BCUT2D eigenvalue weighted by molar-refractivity contribution is 0.665. The summed E-state index contributed by atoms with van der Waals surface area (Å²) in [5.41, 5.74) is 0. The van der Waals surface area contributed by atoms with Crippen molar-refractivity contribution in [2.45, 2.75) is 65.8 Å². The van der Waals surface area contributed by atoms with E-state index in [-0.39, 0.29) is 0 Å². The first-order chi connectivity index (χ1) is 9.10. The van der Waals surface area contributed by atoms with Crippen molar-refractivity contribution in [3.8, 4) is 0 Å². The third-order valence-electron chi connectivity index (χ3n) is 3.15. The molecule has 1 aromatic heterocycles. The van der Waals surface area contributed by atoms with Gasteiger partial charge in [0, 0.05) is 24.6 Å². The van der Waals surface area contributed by atoms with Crippen LogP contribution in [0.3, 0.4) is 0 Å². The molecule has 0 bridgehead atoms. The molecule has 0 aliphatic carbocycles. The van der Waals surface area contributed by atoms with Gasteiger partial charge in [-0.05, 0) is 19.3 Å². The van der Waals surface area contributed by atoms with Gasteiger partial charge >= 0.3 is 0 Å². The number of anilines is 2. The van der Waals surface area contributed by atoms with E-state index in [9.17, 15) is 0 Å². The van der Waals surface area contributed by atoms with Crippen molar-refractivity contribution in [3.63, 3.8) is 0 Å². The van der Waals surface area contributed by atoms with Crippen LogP contribution in [0.1, 0.15) is 65.6 Å². The predicted octanol–water partition coefficient (Wildman–Crippen LogP) is 4.02. The summed E-state index contributed by atoms with van der Waals surface area (Å²) < 4.78 is 0. The van der Waals surface area contributed by atoms with E-state index in [0.717, 1.165) is 43.3 Å². The average Bonchev–Trinajstić information content (AvgIpc) is 2.42. The lowest BCUT2D eigenvalue weighted by Gasteiger charge is -2.17. The standard InChI is InChI=1S/C15H28N4/c1-6-9-16-13-10-14(17-12(7-2)8-3)19-15(18-13)11(4)5/h10-12H,6-9H2,1-5H3,(H2,16,17,18,19). The number of rotatable bonds is 8. The fourth-order valence-electron chi connectivity index (χ4n) is 1.84. The van der Waals surface area contributed by atoms with E-state index in [2.05, 4.69) is 55.2 Å². The summed E-state index contributed by atoms with van der Waals surface area (Å²) in [7, 11) is 0. The van der Waals surface area contributed by atoms with Gasteiger partial charge in [0.1, 0.15) is 17.5 Å². The molecule has 1 heterocycles. The van der Waals surface area contributed by atoms with Gasteiger partial charge in [-0.1, -0.05) is 34.6 Å². The molecule has 0 aliphatic heterocycles. The second-order valence-electron chi connectivity index (χ2n) is 5.24. The molecular weight excluding hydrogens is 236 g/mol. The quantitative estimate of drug-likeness (QED) is 0.744. The van der Waals surface area contributed by atoms with Crippen molar-refractivity contribution in [2.24, 2.45) is 0 Å². The summed E-state index contributed by atoms with van der Waals surface area (Å²) >= 11 is 0. The Morgan fingerprint density at radius 3 is 2.21 bits per heavy atom. The molecule has 19 heavy (non-hydrogen) atoms. The van der Waals surface area contributed by atoms with Gasteiger partial charge in [-0.2, -0.15) is 0 Å². The van der Waals surface area contributed by atoms with E-state index in [0.29, 0.717) is 12.0 Å². The summed E-state index contributed by atoms with van der Waals surface area (Å²) in [4.78, 5) is 9.18. The Bertz CT molecular complexity index is 372. The van der Waals surface area contributed by atoms with E-state index in [1.54, 1.807) is 0 Å². The molecule has 0 aromatic carbocycles. The number of nitrogens with zero attached hydrogens (tertiary/aromatic N) is 2. The minimum atomic E-state index is 0.339. The molecular formula is C15H28N4. The molecule has 108 valence electrons. The molecule has 0 saturated heterocycles. The van der Waals surface area contributed by atoms with Crippen LogP contribution in [0.15, 0.2) is 6.07 Å². The van der Waals surface area contributed by atoms with Crippen molar-refractivity contribution in [1.82, 2.24) is 9.97 Å². The Morgan fingerprint density at radius 2 is 1.68 bits per heavy atom. The number of nitrogens with one attached hydrogen (secondary N) is 2. The van der Waals surface area contributed by atoms with Crippen molar-refractivity contribution < 1.29 is 0 Å². The molecule has 2 N–H and O–H groups in total. The molecule has 4 nitrogen and oxygen atoms in total. The van der Waals surface area contributed by atoms with Gasteiger partial charge in [0.2, 0.25) is 0 Å². The Kier molecular flexibility index (Phi) is 6.60. The fraction of sp³-hybridized carbons (Fsp3) is 0.733. The summed E-state index contributed by atoms with van der Waals surface area (Å²) in [6, 6.07) is 2.49. The largest absolute Gasteiger partial charge is 0.370 e. The smallest absolute Gasteiger partial charge is 0.135 e. The number of hydrogen-bond donors (Lipinski definition) is 2. The maximum absolute atomic E-state index is 4.61. The van der Waals surface area contributed by atoms with E-state index < -0.39 is 0 Å². The van der Waals surface area contributed by atoms with Crippen LogP contribution in [0, 0.1) is 0 Å². The number of hydrogen-bond acceptors (Lipinski definition) is 4. The van der Waals surface area contributed by atoms with Gasteiger partial charge in [0.15, 0.2) is 0 Å². The van der Waals surface area contributed by atoms with Gasteiger partial charge in [0.05, 0.1) is 0 Å². The molecule has 1 rings (SSSR count). The molecule has 1 aromatic rings. The third kappa shape index (κ3) is 5.05. The van der Waals surface area contributed by atoms with Gasteiger partial charge < -0.3 is 10.6 Å². The zero-order valence-corrected chi connectivity index (χ0v) is 13.0. The first-order valence-electron chi connectivity index (χ1n) is 7.50. The SMILES string of the molecule is CCCNc1cc(NC(CC)CC)nc(C(C)C)n1. The highest BCUT2D eigenvalue weighted by Gasteiger charge is 2.10. The molecule has 0 aliphatic rings. The molecule has 0 spiro atoms. The highest BCUT2D eigenvalue weighted by atomic mass is 15.1. The van der Waals surface area contributed by atoms with E-state index in [1.165, 1.54) is 0 Å². The zero-order valence-electron chi connectivity index (χ0n) is 13.0. The Labute approximate surface area is 117 Å². The summed E-state index contributed by atoms with van der Waals surface area (Å²) in [5.74, 6) is 3.10. The van der Waals surface area contributed by atoms with Crippen molar-refractivity contribution >= 4 is 11.6 Å². The first-order valence-corrected chi connectivity index (χ1v) is 7.50. The van der Waals surface area contributed by atoms with Crippen LogP contribution in [0.5, 0.6) is 0 Å². The monoisotopic (exact) mass is 264 g/mol.